The van der Waals surface area contributed by atoms with Gasteiger partial charge in [0.2, 0.25) is 0 Å². The van der Waals surface area contributed by atoms with E-state index in [1.165, 1.54) is 0 Å². The van der Waals surface area contributed by atoms with Gasteiger partial charge in [-0.05, 0) is 56.8 Å². The van der Waals surface area contributed by atoms with Crippen LogP contribution in [0.5, 0.6) is 0 Å². The Kier molecular flexibility index (Phi) is 5.14. The number of hydrogen-bond acceptors (Lipinski definition) is 2. The maximum Gasteiger partial charge on any atom is 0.171 e. The van der Waals surface area contributed by atoms with Gasteiger partial charge < -0.3 is 10.6 Å². The molecule has 3 rings (SSSR count). The standard InChI is InChI=1S/C20H22N4S/c1-14-9-7-8-12-19(14)22-20(25)21-13-18-15(2)23-24(16(18)3)17-10-5-4-6-11-17/h4-12H,13H2,1-3H3,(H2,21,22,25). The Morgan fingerprint density at radius 1 is 1.00 bits per heavy atom. The summed E-state index contributed by atoms with van der Waals surface area (Å²) in [6.07, 6.45) is 0. The van der Waals surface area contributed by atoms with Gasteiger partial charge in [0.25, 0.3) is 0 Å². The number of aromatic nitrogens is 2. The first-order valence-electron chi connectivity index (χ1n) is 8.27. The summed E-state index contributed by atoms with van der Waals surface area (Å²) in [6, 6.07) is 18.2. The molecular formula is C20H22N4S. The number of aryl methyl sites for hydroxylation is 2. The highest BCUT2D eigenvalue weighted by molar-refractivity contribution is 7.80. The highest BCUT2D eigenvalue weighted by Gasteiger charge is 2.13. The van der Waals surface area contributed by atoms with E-state index in [1.807, 2.05) is 48.0 Å². The predicted octanol–water partition coefficient (Wildman–Crippen LogP) is 4.28. The van der Waals surface area contributed by atoms with Crippen molar-refractivity contribution in [1.29, 1.82) is 0 Å². The van der Waals surface area contributed by atoms with Crippen LogP contribution in [0.2, 0.25) is 0 Å². The second-order valence-corrected chi connectivity index (χ2v) is 6.43. The van der Waals surface area contributed by atoms with Gasteiger partial charge in [-0.3, -0.25) is 0 Å². The number of nitrogens with one attached hydrogen (secondary N) is 2. The third-order valence-corrected chi connectivity index (χ3v) is 4.51. The summed E-state index contributed by atoms with van der Waals surface area (Å²) in [6.45, 7) is 6.81. The molecule has 128 valence electrons. The SMILES string of the molecule is Cc1ccccc1NC(=S)NCc1c(C)nn(-c2ccccc2)c1C. The van der Waals surface area contributed by atoms with E-state index in [9.17, 15) is 0 Å². The van der Waals surface area contributed by atoms with E-state index in [-0.39, 0.29) is 0 Å². The van der Waals surface area contributed by atoms with Crippen molar-refractivity contribution in [3.63, 3.8) is 0 Å². The molecule has 0 spiro atoms. The summed E-state index contributed by atoms with van der Waals surface area (Å²) in [4.78, 5) is 0. The zero-order valence-corrected chi connectivity index (χ0v) is 15.5. The van der Waals surface area contributed by atoms with Gasteiger partial charge in [-0.1, -0.05) is 36.4 Å². The van der Waals surface area contributed by atoms with Crippen LogP contribution in [0.25, 0.3) is 5.69 Å². The maximum absolute atomic E-state index is 5.43. The molecule has 2 aromatic carbocycles. The van der Waals surface area contributed by atoms with Crippen LogP contribution >= 0.6 is 12.2 Å². The molecule has 0 atom stereocenters. The van der Waals surface area contributed by atoms with Gasteiger partial charge in [0.05, 0.1) is 11.4 Å². The van der Waals surface area contributed by atoms with Crippen LogP contribution in [0.1, 0.15) is 22.5 Å². The van der Waals surface area contributed by atoms with Gasteiger partial charge >= 0.3 is 0 Å². The predicted molar refractivity (Wildman–Crippen MR) is 107 cm³/mol. The third-order valence-electron chi connectivity index (χ3n) is 4.26. The number of benzene rings is 2. The molecule has 4 nitrogen and oxygen atoms in total. The van der Waals surface area contributed by atoms with Crippen LogP contribution in [-0.4, -0.2) is 14.9 Å². The molecule has 0 bridgehead atoms. The second-order valence-electron chi connectivity index (χ2n) is 6.02. The lowest BCUT2D eigenvalue weighted by molar-refractivity contribution is 0.830. The molecule has 0 fully saturated rings. The normalized spacial score (nSPS) is 10.5. The lowest BCUT2D eigenvalue weighted by Crippen LogP contribution is -2.28. The Morgan fingerprint density at radius 2 is 1.68 bits per heavy atom. The van der Waals surface area contributed by atoms with E-state index in [0.29, 0.717) is 11.7 Å². The number of hydrogen-bond donors (Lipinski definition) is 2. The molecule has 1 heterocycles. The van der Waals surface area contributed by atoms with Crippen LogP contribution in [0.3, 0.4) is 0 Å². The van der Waals surface area contributed by atoms with Crippen molar-refractivity contribution < 1.29 is 0 Å². The van der Waals surface area contributed by atoms with Crippen molar-refractivity contribution in [2.24, 2.45) is 0 Å². The summed E-state index contributed by atoms with van der Waals surface area (Å²) in [5.74, 6) is 0. The van der Waals surface area contributed by atoms with Crippen LogP contribution in [0, 0.1) is 20.8 Å². The number of rotatable bonds is 4. The summed E-state index contributed by atoms with van der Waals surface area (Å²) < 4.78 is 1.98. The smallest absolute Gasteiger partial charge is 0.171 e. The van der Waals surface area contributed by atoms with Gasteiger partial charge in [0.1, 0.15) is 0 Å². The number of nitrogens with zero attached hydrogens (tertiary/aromatic N) is 2. The van der Waals surface area contributed by atoms with E-state index < -0.39 is 0 Å². The van der Waals surface area contributed by atoms with Crippen molar-refractivity contribution in [3.8, 4) is 5.69 Å². The topological polar surface area (TPSA) is 41.9 Å². The maximum atomic E-state index is 5.43. The molecule has 0 saturated carbocycles. The molecule has 25 heavy (non-hydrogen) atoms. The minimum absolute atomic E-state index is 0.612. The van der Waals surface area contributed by atoms with E-state index >= 15 is 0 Å². The van der Waals surface area contributed by atoms with E-state index in [0.717, 1.165) is 33.9 Å². The molecule has 0 aliphatic rings. The lowest BCUT2D eigenvalue weighted by Gasteiger charge is -2.12. The molecular weight excluding hydrogens is 328 g/mol. The molecule has 0 aliphatic carbocycles. The molecule has 0 radical (unpaired) electrons. The minimum Gasteiger partial charge on any atom is -0.358 e. The number of para-hydroxylation sites is 2. The van der Waals surface area contributed by atoms with E-state index in [4.69, 9.17) is 12.2 Å². The summed E-state index contributed by atoms with van der Waals surface area (Å²) >= 11 is 5.43. The van der Waals surface area contributed by atoms with Crippen molar-refractivity contribution >= 4 is 23.0 Å². The lowest BCUT2D eigenvalue weighted by atomic mass is 10.2. The first kappa shape index (κ1) is 17.2. The van der Waals surface area contributed by atoms with Gasteiger partial charge in [0, 0.05) is 23.5 Å². The van der Waals surface area contributed by atoms with Crippen LogP contribution in [0.4, 0.5) is 5.69 Å². The molecule has 0 saturated heterocycles. The third kappa shape index (κ3) is 3.88. The van der Waals surface area contributed by atoms with Crippen molar-refractivity contribution in [2.75, 3.05) is 5.32 Å². The molecule has 5 heteroatoms. The highest BCUT2D eigenvalue weighted by Crippen LogP contribution is 2.18. The Bertz CT molecular complexity index is 884. The van der Waals surface area contributed by atoms with Gasteiger partial charge in [-0.2, -0.15) is 5.10 Å². The molecule has 2 N–H and O–H groups in total. The fourth-order valence-electron chi connectivity index (χ4n) is 2.80. The van der Waals surface area contributed by atoms with Crippen LogP contribution < -0.4 is 10.6 Å². The first-order valence-corrected chi connectivity index (χ1v) is 8.68. The van der Waals surface area contributed by atoms with Gasteiger partial charge in [0.15, 0.2) is 5.11 Å². The number of thiocarbonyl (C=S) groups is 1. The Morgan fingerprint density at radius 3 is 2.40 bits per heavy atom. The van der Waals surface area contributed by atoms with Crippen LogP contribution in [0.15, 0.2) is 54.6 Å². The van der Waals surface area contributed by atoms with Crippen molar-refractivity contribution in [1.82, 2.24) is 15.1 Å². The quantitative estimate of drug-likeness (QED) is 0.689. The largest absolute Gasteiger partial charge is 0.358 e. The summed E-state index contributed by atoms with van der Waals surface area (Å²) in [5, 5.41) is 11.8. The summed E-state index contributed by atoms with van der Waals surface area (Å²) in [5.41, 5.74) is 6.54. The highest BCUT2D eigenvalue weighted by atomic mass is 32.1. The fraction of sp³-hybridized carbons (Fsp3) is 0.200. The molecule has 0 aliphatic heterocycles. The average Bonchev–Trinajstić information content (AvgIpc) is 2.90. The zero-order valence-electron chi connectivity index (χ0n) is 14.7. The van der Waals surface area contributed by atoms with Crippen LogP contribution in [-0.2, 0) is 6.54 Å². The van der Waals surface area contributed by atoms with E-state index in [1.54, 1.807) is 0 Å². The fourth-order valence-corrected chi connectivity index (χ4v) is 2.98. The van der Waals surface area contributed by atoms with Gasteiger partial charge in [-0.15, -0.1) is 0 Å². The zero-order chi connectivity index (χ0) is 17.8. The second kappa shape index (κ2) is 7.49. The Hall–Kier alpha value is -2.66. The van der Waals surface area contributed by atoms with E-state index in [2.05, 4.69) is 47.8 Å². The summed E-state index contributed by atoms with van der Waals surface area (Å²) in [7, 11) is 0. The molecule has 0 amide bonds. The molecule has 0 unspecified atom stereocenters. The van der Waals surface area contributed by atoms with Gasteiger partial charge in [-0.25, -0.2) is 4.68 Å². The van der Waals surface area contributed by atoms with Crippen molar-refractivity contribution in [2.45, 2.75) is 27.3 Å². The average molecular weight is 350 g/mol. The molecule has 3 aromatic rings. The Labute approximate surface area is 153 Å². The minimum atomic E-state index is 0.612. The monoisotopic (exact) mass is 350 g/mol. The Balaban J connectivity index is 1.70. The first-order chi connectivity index (χ1) is 12.1. The number of anilines is 1. The van der Waals surface area contributed by atoms with Crippen molar-refractivity contribution in [3.05, 3.63) is 77.1 Å². The molecule has 1 aromatic heterocycles.